The van der Waals surface area contributed by atoms with Gasteiger partial charge >= 0.3 is 11.9 Å². The first-order valence-corrected chi connectivity index (χ1v) is 9.77. The van der Waals surface area contributed by atoms with Gasteiger partial charge < -0.3 is 14.2 Å². The summed E-state index contributed by atoms with van der Waals surface area (Å²) >= 11 is 0. The van der Waals surface area contributed by atoms with Crippen molar-refractivity contribution in [3.8, 4) is 5.88 Å². The summed E-state index contributed by atoms with van der Waals surface area (Å²) in [7, 11) is 1.38. The number of benzene rings is 2. The molecule has 0 saturated carbocycles. The molecule has 0 radical (unpaired) electrons. The first-order valence-electron chi connectivity index (χ1n) is 9.77. The summed E-state index contributed by atoms with van der Waals surface area (Å²) in [5.74, 6) is -3.53. The van der Waals surface area contributed by atoms with E-state index in [1.54, 1.807) is 36.4 Å². The van der Waals surface area contributed by atoms with E-state index in [9.17, 15) is 19.2 Å². The Bertz CT molecular complexity index is 1110. The number of nitrogens with zero attached hydrogens (tertiary/aromatic N) is 3. The van der Waals surface area contributed by atoms with Crippen LogP contribution in [0, 0.1) is 0 Å². The number of aromatic nitrogens is 2. The highest BCUT2D eigenvalue weighted by Crippen LogP contribution is 2.27. The van der Waals surface area contributed by atoms with Crippen molar-refractivity contribution in [3.05, 3.63) is 83.9 Å². The monoisotopic (exact) mass is 447 g/mol. The topological polar surface area (TPSA) is 125 Å². The van der Waals surface area contributed by atoms with Crippen LogP contribution in [0.25, 0.3) is 0 Å². The van der Waals surface area contributed by atoms with Crippen LogP contribution in [0.1, 0.15) is 20.7 Å². The number of ether oxygens (including phenoxy) is 3. The largest absolute Gasteiger partial charge is 0.480 e. The molecule has 1 aliphatic rings. The minimum atomic E-state index is -1.71. The van der Waals surface area contributed by atoms with E-state index in [1.807, 2.05) is 0 Å². The Kier molecular flexibility index (Phi) is 6.07. The van der Waals surface area contributed by atoms with Crippen molar-refractivity contribution < 1.29 is 33.4 Å². The van der Waals surface area contributed by atoms with Crippen molar-refractivity contribution in [2.24, 2.45) is 0 Å². The van der Waals surface area contributed by atoms with Crippen LogP contribution in [0.3, 0.4) is 0 Å². The molecule has 2 amide bonds. The van der Waals surface area contributed by atoms with Gasteiger partial charge in [0.25, 0.3) is 11.8 Å². The highest BCUT2D eigenvalue weighted by Gasteiger charge is 2.54. The molecule has 2 heterocycles. The lowest BCUT2D eigenvalue weighted by Gasteiger charge is -2.16. The number of esters is 2. The van der Waals surface area contributed by atoms with Crippen molar-refractivity contribution in [2.75, 3.05) is 12.0 Å². The predicted octanol–water partition coefficient (Wildman–Crippen LogP) is 1.81. The van der Waals surface area contributed by atoms with Crippen LogP contribution in [-0.4, -0.2) is 53.3 Å². The maximum Gasteiger partial charge on any atom is 0.339 e. The summed E-state index contributed by atoms with van der Waals surface area (Å²) in [5.41, 5.74) is 0.321. The number of anilines is 1. The minimum Gasteiger partial charge on any atom is -0.480 e. The van der Waals surface area contributed by atoms with Gasteiger partial charge in [0.2, 0.25) is 18.1 Å². The van der Waals surface area contributed by atoms with Crippen LogP contribution in [0.2, 0.25) is 0 Å². The fourth-order valence-corrected chi connectivity index (χ4v) is 3.13. The second kappa shape index (κ2) is 9.27. The third kappa shape index (κ3) is 4.40. The summed E-state index contributed by atoms with van der Waals surface area (Å²) in [6.45, 7) is 0. The fourth-order valence-electron chi connectivity index (χ4n) is 3.13. The van der Waals surface area contributed by atoms with E-state index in [-0.39, 0.29) is 22.8 Å². The maximum absolute atomic E-state index is 13.1. The maximum atomic E-state index is 13.1. The van der Waals surface area contributed by atoms with Crippen LogP contribution in [0.5, 0.6) is 5.88 Å². The molecule has 3 aromatic rings. The summed E-state index contributed by atoms with van der Waals surface area (Å²) in [4.78, 5) is 52.1. The zero-order chi connectivity index (χ0) is 23.4. The smallest absolute Gasteiger partial charge is 0.339 e. The molecule has 1 fully saturated rings. The Morgan fingerprint density at radius 2 is 1.21 bits per heavy atom. The van der Waals surface area contributed by atoms with Crippen molar-refractivity contribution in [2.45, 2.75) is 12.2 Å². The Labute approximate surface area is 187 Å². The molecular weight excluding hydrogens is 430 g/mol. The lowest BCUT2D eigenvalue weighted by molar-refractivity contribution is -0.130. The molecule has 4 rings (SSSR count). The van der Waals surface area contributed by atoms with Gasteiger partial charge in [-0.3, -0.25) is 9.59 Å². The predicted molar refractivity (Wildman–Crippen MR) is 112 cm³/mol. The molecule has 33 heavy (non-hydrogen) atoms. The van der Waals surface area contributed by atoms with Gasteiger partial charge in [-0.1, -0.05) is 36.4 Å². The number of methoxy groups -OCH3 is 1. The van der Waals surface area contributed by atoms with Gasteiger partial charge in [-0.2, -0.15) is 0 Å². The highest BCUT2D eigenvalue weighted by atomic mass is 16.6. The van der Waals surface area contributed by atoms with Gasteiger partial charge in [-0.15, -0.1) is 10.2 Å². The fraction of sp³-hybridized carbons (Fsp3) is 0.130. The first-order chi connectivity index (χ1) is 16.0. The van der Waals surface area contributed by atoms with Crippen LogP contribution < -0.4 is 9.64 Å². The van der Waals surface area contributed by atoms with Crippen molar-refractivity contribution in [3.63, 3.8) is 0 Å². The van der Waals surface area contributed by atoms with Gasteiger partial charge in [0.05, 0.1) is 18.2 Å². The van der Waals surface area contributed by atoms with E-state index in [4.69, 9.17) is 14.2 Å². The molecule has 1 saturated heterocycles. The zero-order valence-corrected chi connectivity index (χ0v) is 17.3. The summed E-state index contributed by atoms with van der Waals surface area (Å²) in [6.07, 6.45) is -3.41. The van der Waals surface area contributed by atoms with Crippen LogP contribution in [0.4, 0.5) is 5.82 Å². The number of rotatable bonds is 6. The van der Waals surface area contributed by atoms with Gasteiger partial charge in [0, 0.05) is 6.07 Å². The standard InChI is InChI=1S/C23H17N3O7/c1-31-17-13-12-16(24-25-17)26-20(27)18(32-22(29)14-8-4-2-5-9-14)19(21(26)28)33-23(30)15-10-6-3-7-11-15/h2-13,18-19H,1H3/t18-,19-/m1/s1. The summed E-state index contributed by atoms with van der Waals surface area (Å²) in [5, 5.41) is 7.55. The number of imide groups is 1. The van der Waals surface area contributed by atoms with E-state index in [0.717, 1.165) is 0 Å². The lowest BCUT2D eigenvalue weighted by atomic mass is 10.2. The SMILES string of the molecule is COc1ccc(N2C(=O)[C@H](OC(=O)c3ccccc3)[C@@H](OC(=O)c3ccccc3)C2=O)nn1. The van der Waals surface area contributed by atoms with Gasteiger partial charge in [-0.25, -0.2) is 14.5 Å². The van der Waals surface area contributed by atoms with Crippen LogP contribution in [0.15, 0.2) is 72.8 Å². The molecule has 10 nitrogen and oxygen atoms in total. The van der Waals surface area contributed by atoms with Crippen molar-refractivity contribution in [1.82, 2.24) is 10.2 Å². The average Bonchev–Trinajstić information content (AvgIpc) is 3.09. The number of hydrogen-bond acceptors (Lipinski definition) is 9. The molecule has 2 atom stereocenters. The third-order valence-corrected chi connectivity index (χ3v) is 4.75. The first kappa shape index (κ1) is 21.6. The minimum absolute atomic E-state index is 0.134. The molecule has 2 aromatic carbocycles. The Morgan fingerprint density at radius 1 is 0.727 bits per heavy atom. The van der Waals surface area contributed by atoms with Gasteiger partial charge in [-0.05, 0) is 30.3 Å². The van der Waals surface area contributed by atoms with Crippen molar-refractivity contribution in [1.29, 1.82) is 0 Å². The van der Waals surface area contributed by atoms with Crippen molar-refractivity contribution >= 4 is 29.6 Å². The Hall–Kier alpha value is -4.60. The number of carbonyl (C=O) groups is 4. The lowest BCUT2D eigenvalue weighted by Crippen LogP contribution is -2.37. The van der Waals surface area contributed by atoms with Crippen LogP contribution in [-0.2, 0) is 19.1 Å². The molecule has 0 bridgehead atoms. The average molecular weight is 447 g/mol. The Morgan fingerprint density at radius 3 is 1.61 bits per heavy atom. The normalized spacial score (nSPS) is 17.5. The van der Waals surface area contributed by atoms with Crippen LogP contribution >= 0.6 is 0 Å². The van der Waals surface area contributed by atoms with E-state index in [1.165, 1.54) is 43.5 Å². The van der Waals surface area contributed by atoms with E-state index >= 15 is 0 Å². The zero-order valence-electron chi connectivity index (χ0n) is 17.3. The molecule has 1 aromatic heterocycles. The number of hydrogen-bond donors (Lipinski definition) is 0. The molecule has 10 heteroatoms. The molecule has 166 valence electrons. The molecule has 0 spiro atoms. The number of carbonyl (C=O) groups excluding carboxylic acids is 4. The molecular formula is C23H17N3O7. The van der Waals surface area contributed by atoms with E-state index in [0.29, 0.717) is 4.90 Å². The summed E-state index contributed by atoms with van der Waals surface area (Å²) in [6, 6.07) is 18.6. The van der Waals surface area contributed by atoms with Gasteiger partial charge in [0.15, 0.2) is 5.82 Å². The molecule has 1 aliphatic heterocycles. The summed E-state index contributed by atoms with van der Waals surface area (Å²) < 4.78 is 15.6. The Balaban J connectivity index is 1.65. The molecule has 0 aliphatic carbocycles. The van der Waals surface area contributed by atoms with E-state index < -0.39 is 36.0 Å². The highest BCUT2D eigenvalue weighted by molar-refractivity contribution is 6.24. The number of amides is 2. The third-order valence-electron chi connectivity index (χ3n) is 4.75. The second-order valence-electron chi connectivity index (χ2n) is 6.83. The molecule has 0 unspecified atom stereocenters. The second-order valence-corrected chi connectivity index (χ2v) is 6.83. The quantitative estimate of drug-likeness (QED) is 0.411. The van der Waals surface area contributed by atoms with E-state index in [2.05, 4.69) is 10.2 Å². The van der Waals surface area contributed by atoms with Gasteiger partial charge in [0.1, 0.15) is 0 Å². The molecule has 0 N–H and O–H groups in total.